The molecule has 0 saturated carbocycles. The van der Waals surface area contributed by atoms with Crippen molar-refractivity contribution in [3.8, 4) is 0 Å². The van der Waals surface area contributed by atoms with Crippen molar-refractivity contribution in [1.29, 1.82) is 0 Å². The van der Waals surface area contributed by atoms with Crippen LogP contribution >= 0.6 is 0 Å². The topological polar surface area (TPSA) is 49.5 Å². The molecule has 0 radical (unpaired) electrons. The van der Waals surface area contributed by atoms with E-state index in [0.717, 1.165) is 0 Å². The lowest BCUT2D eigenvalue weighted by atomic mass is 9.88. The Morgan fingerprint density at radius 3 is 2.20 bits per heavy atom. The van der Waals surface area contributed by atoms with Crippen molar-refractivity contribution in [3.05, 3.63) is 0 Å². The Hall–Kier alpha value is -0.120. The molecule has 3 heteroatoms. The van der Waals surface area contributed by atoms with Gasteiger partial charge < -0.3 is 10.8 Å². The zero-order valence-corrected chi connectivity index (χ0v) is 10.2. The Labute approximate surface area is 93.6 Å². The van der Waals surface area contributed by atoms with E-state index in [0.29, 0.717) is 18.5 Å². The number of nitrogens with two attached hydrogens (primary N) is 1. The van der Waals surface area contributed by atoms with Crippen molar-refractivity contribution in [2.45, 2.75) is 39.2 Å². The van der Waals surface area contributed by atoms with Gasteiger partial charge >= 0.3 is 0 Å². The average Bonchev–Trinajstić information content (AvgIpc) is 2.26. The van der Waals surface area contributed by atoms with Gasteiger partial charge in [-0.3, -0.25) is 4.90 Å². The molecule has 0 aromatic rings. The van der Waals surface area contributed by atoms with Crippen LogP contribution < -0.4 is 5.73 Å². The van der Waals surface area contributed by atoms with E-state index >= 15 is 0 Å². The fourth-order valence-corrected chi connectivity index (χ4v) is 2.80. The average molecular weight is 214 g/mol. The number of piperidine rings is 1. The number of likely N-dealkylation sites (tertiary alicyclic amines) is 1. The maximum atomic E-state index is 9.37. The lowest BCUT2D eigenvalue weighted by molar-refractivity contribution is 0.0564. The number of rotatable bonds is 5. The van der Waals surface area contributed by atoms with E-state index in [1.54, 1.807) is 0 Å². The van der Waals surface area contributed by atoms with E-state index in [1.165, 1.54) is 32.4 Å². The molecule has 3 nitrogen and oxygen atoms in total. The fraction of sp³-hybridized carbons (Fsp3) is 1.00. The Kier molecular flexibility index (Phi) is 5.58. The Morgan fingerprint density at radius 2 is 1.80 bits per heavy atom. The first-order valence-electron chi connectivity index (χ1n) is 6.25. The van der Waals surface area contributed by atoms with Gasteiger partial charge in [-0.05, 0) is 38.4 Å². The highest BCUT2D eigenvalue weighted by atomic mass is 16.3. The minimum Gasteiger partial charge on any atom is -0.396 e. The summed E-state index contributed by atoms with van der Waals surface area (Å²) < 4.78 is 0. The molecule has 1 rings (SSSR count). The molecule has 15 heavy (non-hydrogen) atoms. The van der Waals surface area contributed by atoms with Crippen LogP contribution in [0.25, 0.3) is 0 Å². The number of aliphatic hydroxyl groups is 1. The Balaban J connectivity index is 2.62. The van der Waals surface area contributed by atoms with Crippen LogP contribution in [-0.4, -0.2) is 42.3 Å². The summed E-state index contributed by atoms with van der Waals surface area (Å²) in [5.74, 6) is 0.812. The molecule has 1 heterocycles. The lowest BCUT2D eigenvalue weighted by Gasteiger charge is -2.40. The van der Waals surface area contributed by atoms with Gasteiger partial charge in [-0.25, -0.2) is 0 Å². The second-order valence-electron chi connectivity index (χ2n) is 5.01. The number of hydrogen-bond acceptors (Lipinski definition) is 3. The molecule has 0 aliphatic carbocycles. The number of hydrogen-bond donors (Lipinski definition) is 2. The summed E-state index contributed by atoms with van der Waals surface area (Å²) in [7, 11) is 0. The summed E-state index contributed by atoms with van der Waals surface area (Å²) in [6.45, 7) is 7.64. The van der Waals surface area contributed by atoms with Crippen molar-refractivity contribution in [2.24, 2.45) is 17.6 Å². The van der Waals surface area contributed by atoms with Crippen molar-refractivity contribution in [3.63, 3.8) is 0 Å². The molecule has 90 valence electrons. The van der Waals surface area contributed by atoms with Crippen LogP contribution in [0.4, 0.5) is 0 Å². The molecule has 2 atom stereocenters. The molecular formula is C12H26N2O. The first-order valence-corrected chi connectivity index (χ1v) is 6.25. The van der Waals surface area contributed by atoms with Gasteiger partial charge in [0, 0.05) is 18.6 Å². The van der Waals surface area contributed by atoms with Crippen molar-refractivity contribution in [2.75, 3.05) is 26.2 Å². The monoisotopic (exact) mass is 214 g/mol. The summed E-state index contributed by atoms with van der Waals surface area (Å²) in [6, 6.07) is 0.459. The van der Waals surface area contributed by atoms with E-state index in [1.807, 2.05) is 0 Å². The van der Waals surface area contributed by atoms with E-state index in [4.69, 9.17) is 5.73 Å². The van der Waals surface area contributed by atoms with E-state index in [9.17, 15) is 5.11 Å². The lowest BCUT2D eigenvalue weighted by Crippen LogP contribution is -2.49. The zero-order chi connectivity index (χ0) is 11.3. The summed E-state index contributed by atoms with van der Waals surface area (Å²) >= 11 is 0. The number of nitrogens with zero attached hydrogens (tertiary/aromatic N) is 1. The van der Waals surface area contributed by atoms with Crippen LogP contribution in [0.3, 0.4) is 0 Å². The summed E-state index contributed by atoms with van der Waals surface area (Å²) in [4.78, 5) is 2.53. The molecule has 0 aromatic heterocycles. The van der Waals surface area contributed by atoms with Gasteiger partial charge in [0.25, 0.3) is 0 Å². The fourth-order valence-electron chi connectivity index (χ4n) is 2.80. The van der Waals surface area contributed by atoms with Crippen LogP contribution in [0.2, 0.25) is 0 Å². The molecule has 2 unspecified atom stereocenters. The third-order valence-electron chi connectivity index (χ3n) is 3.52. The number of aliphatic hydroxyl groups excluding tert-OH is 1. The molecule has 1 fully saturated rings. The van der Waals surface area contributed by atoms with E-state index < -0.39 is 0 Å². The molecule has 1 aliphatic heterocycles. The summed E-state index contributed by atoms with van der Waals surface area (Å²) in [5.41, 5.74) is 5.74. The second kappa shape index (κ2) is 6.46. The normalized spacial score (nSPS) is 23.0. The highest BCUT2D eigenvalue weighted by Gasteiger charge is 2.29. The molecule has 0 spiro atoms. The van der Waals surface area contributed by atoms with Crippen LogP contribution in [0.5, 0.6) is 0 Å². The zero-order valence-electron chi connectivity index (χ0n) is 10.2. The second-order valence-corrected chi connectivity index (χ2v) is 5.01. The third-order valence-corrected chi connectivity index (χ3v) is 3.52. The predicted octanol–water partition coefficient (Wildman–Crippen LogP) is 1.06. The maximum Gasteiger partial charge on any atom is 0.0486 e. The van der Waals surface area contributed by atoms with Gasteiger partial charge in [0.05, 0.1) is 0 Å². The summed E-state index contributed by atoms with van der Waals surface area (Å²) in [6.07, 6.45) is 3.95. The molecule has 0 aromatic carbocycles. The quantitative estimate of drug-likeness (QED) is 0.719. The first-order chi connectivity index (χ1) is 7.20. The van der Waals surface area contributed by atoms with Crippen LogP contribution in [0.15, 0.2) is 0 Å². The van der Waals surface area contributed by atoms with Crippen LogP contribution in [0.1, 0.15) is 33.1 Å². The van der Waals surface area contributed by atoms with Gasteiger partial charge in [0.2, 0.25) is 0 Å². The van der Waals surface area contributed by atoms with Crippen molar-refractivity contribution in [1.82, 2.24) is 4.90 Å². The van der Waals surface area contributed by atoms with Gasteiger partial charge in [-0.2, -0.15) is 0 Å². The van der Waals surface area contributed by atoms with Gasteiger partial charge in [-0.15, -0.1) is 0 Å². The molecule has 1 aliphatic rings. The Morgan fingerprint density at radius 1 is 1.20 bits per heavy atom. The Bertz CT molecular complexity index is 163. The molecule has 0 bridgehead atoms. The third kappa shape index (κ3) is 3.44. The standard InChI is InChI=1S/C12H26N2O/c1-10(2)12(11(8-13)9-15)14-6-4-3-5-7-14/h10-12,15H,3-9,13H2,1-2H3. The SMILES string of the molecule is CC(C)C(C(CN)CO)N1CCCCC1. The van der Waals surface area contributed by atoms with Gasteiger partial charge in [-0.1, -0.05) is 20.3 Å². The molecule has 1 saturated heterocycles. The summed E-state index contributed by atoms with van der Waals surface area (Å²) in [5, 5.41) is 9.37. The minimum absolute atomic E-state index is 0.218. The molecule has 3 N–H and O–H groups in total. The highest BCUT2D eigenvalue weighted by molar-refractivity contribution is 4.84. The highest BCUT2D eigenvalue weighted by Crippen LogP contribution is 2.23. The van der Waals surface area contributed by atoms with Gasteiger partial charge in [0.15, 0.2) is 0 Å². The largest absolute Gasteiger partial charge is 0.396 e. The van der Waals surface area contributed by atoms with Crippen molar-refractivity contribution < 1.29 is 5.11 Å². The van der Waals surface area contributed by atoms with E-state index in [-0.39, 0.29) is 12.5 Å². The smallest absolute Gasteiger partial charge is 0.0486 e. The van der Waals surface area contributed by atoms with Crippen molar-refractivity contribution >= 4 is 0 Å². The van der Waals surface area contributed by atoms with Crippen LogP contribution in [0, 0.1) is 11.8 Å². The van der Waals surface area contributed by atoms with Crippen LogP contribution in [-0.2, 0) is 0 Å². The molecular weight excluding hydrogens is 188 g/mol. The predicted molar refractivity (Wildman–Crippen MR) is 63.7 cm³/mol. The first kappa shape index (κ1) is 12.9. The molecule has 0 amide bonds. The van der Waals surface area contributed by atoms with E-state index in [2.05, 4.69) is 18.7 Å². The maximum absolute atomic E-state index is 9.37. The van der Waals surface area contributed by atoms with Gasteiger partial charge in [0.1, 0.15) is 0 Å². The minimum atomic E-state index is 0.218.